The second-order valence-corrected chi connectivity index (χ2v) is 9.19. The average Bonchev–Trinajstić information content (AvgIpc) is 2.90. The van der Waals surface area contributed by atoms with Gasteiger partial charge >= 0.3 is 0 Å². The molecule has 0 aliphatic carbocycles. The van der Waals surface area contributed by atoms with Crippen LogP contribution in [0.2, 0.25) is 0 Å². The molecule has 36 heavy (non-hydrogen) atoms. The SMILES string of the molecule is CCCCCC#Cc1cccc(N=C(CC)C(CCCC)=Nc2cccc(C#CCCCCC)c2)c1. The average molecular weight is 481 g/mol. The summed E-state index contributed by atoms with van der Waals surface area (Å²) in [6.07, 6.45) is 13.2. The summed E-state index contributed by atoms with van der Waals surface area (Å²) in [4.78, 5) is 10.1. The number of aliphatic imine (C=N–C) groups is 2. The molecule has 2 aromatic rings. The van der Waals surface area contributed by atoms with Crippen LogP contribution in [0.15, 0.2) is 58.5 Å². The zero-order chi connectivity index (χ0) is 25.8. The summed E-state index contributed by atoms with van der Waals surface area (Å²) in [5.41, 5.74) is 6.08. The third-order valence-electron chi connectivity index (χ3n) is 5.93. The fourth-order valence-corrected chi connectivity index (χ4v) is 3.83. The Balaban J connectivity index is 2.27. The van der Waals surface area contributed by atoms with Crippen molar-refractivity contribution in [3.05, 3.63) is 59.7 Å². The van der Waals surface area contributed by atoms with Crippen molar-refractivity contribution in [3.8, 4) is 23.7 Å². The predicted octanol–water partition coefficient (Wildman–Crippen LogP) is 10.00. The Morgan fingerprint density at radius 3 is 1.58 bits per heavy atom. The fourth-order valence-electron chi connectivity index (χ4n) is 3.83. The molecule has 0 saturated heterocycles. The molecule has 0 radical (unpaired) electrons. The molecule has 2 aromatic carbocycles. The Bertz CT molecular complexity index is 1100. The Morgan fingerprint density at radius 2 is 1.11 bits per heavy atom. The van der Waals surface area contributed by atoms with Crippen LogP contribution in [0.4, 0.5) is 11.4 Å². The van der Waals surface area contributed by atoms with Gasteiger partial charge in [-0.2, -0.15) is 0 Å². The minimum absolute atomic E-state index is 0.840. The Kier molecular flexibility index (Phi) is 14.7. The van der Waals surface area contributed by atoms with Gasteiger partial charge in [-0.25, -0.2) is 0 Å². The molecule has 0 amide bonds. The summed E-state index contributed by atoms with van der Waals surface area (Å²) in [7, 11) is 0. The molecular formula is C34H44N2. The van der Waals surface area contributed by atoms with Gasteiger partial charge in [-0.05, 0) is 68.5 Å². The van der Waals surface area contributed by atoms with Crippen LogP contribution in [0.3, 0.4) is 0 Å². The minimum atomic E-state index is 0.840. The highest BCUT2D eigenvalue weighted by molar-refractivity contribution is 6.43. The first-order valence-electron chi connectivity index (χ1n) is 14.0. The lowest BCUT2D eigenvalue weighted by molar-refractivity contribution is 0.737. The van der Waals surface area contributed by atoms with E-state index in [9.17, 15) is 0 Å². The molecule has 2 rings (SSSR count). The highest BCUT2D eigenvalue weighted by Crippen LogP contribution is 2.20. The summed E-state index contributed by atoms with van der Waals surface area (Å²) in [6, 6.07) is 16.6. The number of rotatable bonds is 13. The molecule has 2 nitrogen and oxygen atoms in total. The van der Waals surface area contributed by atoms with Crippen molar-refractivity contribution >= 4 is 22.8 Å². The molecule has 0 bridgehead atoms. The van der Waals surface area contributed by atoms with Crippen LogP contribution >= 0.6 is 0 Å². The van der Waals surface area contributed by atoms with Crippen LogP contribution in [0, 0.1) is 23.7 Å². The second-order valence-electron chi connectivity index (χ2n) is 9.19. The molecule has 0 aromatic heterocycles. The van der Waals surface area contributed by atoms with Crippen molar-refractivity contribution in [1.82, 2.24) is 0 Å². The zero-order valence-electron chi connectivity index (χ0n) is 23.0. The molecule has 0 saturated carbocycles. The first-order chi connectivity index (χ1) is 17.7. The smallest absolute Gasteiger partial charge is 0.0646 e. The first kappa shape index (κ1) is 29.1. The van der Waals surface area contributed by atoms with Gasteiger partial charge in [0.25, 0.3) is 0 Å². The fraction of sp³-hybridized carbons (Fsp3) is 0.471. The standard InChI is InChI=1S/C34H44N2/c1-5-9-12-14-16-20-29-22-18-24-31(27-29)35-33(8-4)34(26-11-7-3)36-32-25-19-23-30(28-32)21-17-15-13-10-6-2/h18-19,22-25,27-28H,5-15,26H2,1-4H3. The number of unbranched alkanes of at least 4 members (excludes halogenated alkanes) is 7. The lowest BCUT2D eigenvalue weighted by atomic mass is 10.1. The molecule has 0 heterocycles. The third kappa shape index (κ3) is 11.6. The summed E-state index contributed by atoms with van der Waals surface area (Å²) >= 11 is 0. The van der Waals surface area contributed by atoms with Crippen molar-refractivity contribution < 1.29 is 0 Å². The number of nitrogens with zero attached hydrogens (tertiary/aromatic N) is 2. The lowest BCUT2D eigenvalue weighted by Crippen LogP contribution is -2.13. The van der Waals surface area contributed by atoms with Gasteiger partial charge in [-0.1, -0.05) is 95.6 Å². The van der Waals surface area contributed by atoms with Crippen molar-refractivity contribution in [3.63, 3.8) is 0 Å². The molecule has 0 aliphatic rings. The summed E-state index contributed by atoms with van der Waals surface area (Å²) in [6.45, 7) is 8.83. The van der Waals surface area contributed by atoms with E-state index >= 15 is 0 Å². The first-order valence-corrected chi connectivity index (χ1v) is 14.0. The highest BCUT2D eigenvalue weighted by Gasteiger charge is 2.09. The van der Waals surface area contributed by atoms with E-state index in [-0.39, 0.29) is 0 Å². The molecular weight excluding hydrogens is 436 g/mol. The van der Waals surface area contributed by atoms with Crippen LogP contribution < -0.4 is 0 Å². The topological polar surface area (TPSA) is 24.7 Å². The highest BCUT2D eigenvalue weighted by atomic mass is 14.8. The summed E-state index contributed by atoms with van der Waals surface area (Å²) in [5, 5.41) is 0. The summed E-state index contributed by atoms with van der Waals surface area (Å²) in [5.74, 6) is 13.3. The molecule has 190 valence electrons. The van der Waals surface area contributed by atoms with Gasteiger partial charge in [0.1, 0.15) is 0 Å². The lowest BCUT2D eigenvalue weighted by Gasteiger charge is -2.09. The van der Waals surface area contributed by atoms with Crippen molar-refractivity contribution in [2.24, 2.45) is 9.98 Å². The van der Waals surface area contributed by atoms with Gasteiger partial charge in [0, 0.05) is 24.0 Å². The summed E-state index contributed by atoms with van der Waals surface area (Å²) < 4.78 is 0. The maximum absolute atomic E-state index is 5.07. The quantitative estimate of drug-likeness (QED) is 0.155. The third-order valence-corrected chi connectivity index (χ3v) is 5.93. The maximum atomic E-state index is 5.07. The second kappa shape index (κ2) is 18.2. The van der Waals surface area contributed by atoms with Crippen LogP contribution in [0.25, 0.3) is 0 Å². The number of hydrogen-bond donors (Lipinski definition) is 0. The molecule has 0 aliphatic heterocycles. The predicted molar refractivity (Wildman–Crippen MR) is 159 cm³/mol. The van der Waals surface area contributed by atoms with Gasteiger partial charge in [0.05, 0.1) is 22.8 Å². The van der Waals surface area contributed by atoms with E-state index in [2.05, 4.69) is 93.8 Å². The monoisotopic (exact) mass is 480 g/mol. The van der Waals surface area contributed by atoms with Gasteiger partial charge in [0.15, 0.2) is 0 Å². The number of benzene rings is 2. The minimum Gasteiger partial charge on any atom is -0.252 e. The van der Waals surface area contributed by atoms with E-state index in [0.29, 0.717) is 0 Å². The normalized spacial score (nSPS) is 11.4. The van der Waals surface area contributed by atoms with Crippen LogP contribution in [0.5, 0.6) is 0 Å². The van der Waals surface area contributed by atoms with Gasteiger partial charge < -0.3 is 0 Å². The van der Waals surface area contributed by atoms with Crippen LogP contribution in [-0.4, -0.2) is 11.4 Å². The molecule has 0 fully saturated rings. The van der Waals surface area contributed by atoms with E-state index in [1.807, 2.05) is 6.07 Å². The van der Waals surface area contributed by atoms with Gasteiger partial charge in [0.2, 0.25) is 0 Å². The van der Waals surface area contributed by atoms with Gasteiger partial charge in [-0.3, -0.25) is 9.98 Å². The molecule has 0 N–H and O–H groups in total. The molecule has 0 unspecified atom stereocenters. The largest absolute Gasteiger partial charge is 0.252 e. The van der Waals surface area contributed by atoms with Crippen molar-refractivity contribution in [2.75, 3.05) is 0 Å². The van der Waals surface area contributed by atoms with E-state index in [1.165, 1.54) is 38.5 Å². The van der Waals surface area contributed by atoms with Crippen molar-refractivity contribution in [2.45, 2.75) is 105 Å². The number of hydrogen-bond acceptors (Lipinski definition) is 2. The van der Waals surface area contributed by atoms with E-state index < -0.39 is 0 Å². The van der Waals surface area contributed by atoms with Crippen molar-refractivity contribution in [1.29, 1.82) is 0 Å². The Labute approximate surface area is 220 Å². The van der Waals surface area contributed by atoms with Crippen LogP contribution in [-0.2, 0) is 0 Å². The Hall–Kier alpha value is -3.10. The zero-order valence-corrected chi connectivity index (χ0v) is 23.0. The molecule has 0 spiro atoms. The molecule has 2 heteroatoms. The van der Waals surface area contributed by atoms with E-state index in [0.717, 1.165) is 72.4 Å². The maximum Gasteiger partial charge on any atom is 0.0646 e. The van der Waals surface area contributed by atoms with Gasteiger partial charge in [-0.15, -0.1) is 0 Å². The molecule has 0 atom stereocenters. The van der Waals surface area contributed by atoms with E-state index in [1.54, 1.807) is 0 Å². The van der Waals surface area contributed by atoms with E-state index in [4.69, 9.17) is 9.98 Å². The Morgan fingerprint density at radius 1 is 0.611 bits per heavy atom. The van der Waals surface area contributed by atoms with Crippen LogP contribution in [0.1, 0.15) is 116 Å².